The Morgan fingerprint density at radius 3 is 2.52 bits per heavy atom. The SMILES string of the molecule is C=CCn1c(Cl)c(C=O)s/c1=N/S(=O)(=O)c1ccc(CC)cc1. The Labute approximate surface area is 143 Å². The lowest BCUT2D eigenvalue weighted by molar-refractivity contribution is 0.112. The van der Waals surface area contributed by atoms with E-state index in [0.717, 1.165) is 23.3 Å². The molecule has 8 heteroatoms. The summed E-state index contributed by atoms with van der Waals surface area (Å²) in [4.78, 5) is 11.5. The van der Waals surface area contributed by atoms with E-state index in [0.29, 0.717) is 6.29 Å². The first-order chi connectivity index (χ1) is 10.9. The van der Waals surface area contributed by atoms with E-state index in [9.17, 15) is 13.2 Å². The molecule has 0 aliphatic carbocycles. The standard InChI is InChI=1S/C15H15ClN2O3S2/c1-3-9-18-14(16)13(10-19)22-15(18)17-23(20,21)12-7-5-11(4-2)6-8-12/h3,5-8,10H,1,4,9H2,2H3/b17-15+. The maximum absolute atomic E-state index is 12.4. The number of thiazole rings is 1. The van der Waals surface area contributed by atoms with Gasteiger partial charge in [0.05, 0.1) is 4.90 Å². The maximum Gasteiger partial charge on any atom is 0.285 e. The highest BCUT2D eigenvalue weighted by molar-refractivity contribution is 7.90. The van der Waals surface area contributed by atoms with Crippen LogP contribution in [0.15, 0.2) is 46.2 Å². The Kier molecular flexibility index (Phi) is 5.56. The molecule has 0 unspecified atom stereocenters. The van der Waals surface area contributed by atoms with Crippen LogP contribution in [0.1, 0.15) is 22.2 Å². The summed E-state index contributed by atoms with van der Waals surface area (Å²) in [6.45, 7) is 5.84. The number of aryl methyl sites for hydroxylation is 1. The predicted octanol–water partition coefficient (Wildman–Crippen LogP) is 3.05. The molecule has 0 aliphatic heterocycles. The van der Waals surface area contributed by atoms with Crippen molar-refractivity contribution in [1.82, 2.24) is 4.57 Å². The first-order valence-corrected chi connectivity index (χ1v) is 9.41. The lowest BCUT2D eigenvalue weighted by Crippen LogP contribution is -2.16. The molecule has 0 bridgehead atoms. The fourth-order valence-corrected chi connectivity index (χ4v) is 4.30. The Hall–Kier alpha value is -1.70. The molecule has 1 aromatic heterocycles. The van der Waals surface area contributed by atoms with Crippen molar-refractivity contribution in [2.24, 2.45) is 4.40 Å². The van der Waals surface area contributed by atoms with Crippen LogP contribution in [0.5, 0.6) is 0 Å². The number of carbonyl (C=O) groups excluding carboxylic acids is 1. The number of allylic oxidation sites excluding steroid dienone is 1. The van der Waals surface area contributed by atoms with Crippen LogP contribution in [-0.4, -0.2) is 19.3 Å². The number of hydrogen-bond donors (Lipinski definition) is 0. The lowest BCUT2D eigenvalue weighted by atomic mass is 10.2. The van der Waals surface area contributed by atoms with Crippen LogP contribution in [0.25, 0.3) is 0 Å². The van der Waals surface area contributed by atoms with E-state index in [1.54, 1.807) is 18.2 Å². The van der Waals surface area contributed by atoms with Crippen LogP contribution < -0.4 is 4.80 Å². The number of rotatable bonds is 6. The number of carbonyl (C=O) groups is 1. The Bertz CT molecular complexity index is 894. The third-order valence-electron chi connectivity index (χ3n) is 3.12. The van der Waals surface area contributed by atoms with Crippen molar-refractivity contribution in [3.8, 4) is 0 Å². The second-order valence-corrected chi connectivity index (χ2v) is 7.59. The molecule has 2 aromatic rings. The highest BCUT2D eigenvalue weighted by atomic mass is 35.5. The van der Waals surface area contributed by atoms with E-state index >= 15 is 0 Å². The quantitative estimate of drug-likeness (QED) is 0.579. The Morgan fingerprint density at radius 1 is 1.35 bits per heavy atom. The van der Waals surface area contributed by atoms with E-state index in [2.05, 4.69) is 11.0 Å². The van der Waals surface area contributed by atoms with E-state index in [4.69, 9.17) is 11.6 Å². The van der Waals surface area contributed by atoms with Crippen LogP contribution in [0.2, 0.25) is 5.15 Å². The van der Waals surface area contributed by atoms with Crippen molar-refractivity contribution >= 4 is 39.2 Å². The summed E-state index contributed by atoms with van der Waals surface area (Å²) in [5.74, 6) is 0. The number of aldehydes is 1. The topological polar surface area (TPSA) is 68.5 Å². The smallest absolute Gasteiger partial charge is 0.285 e. The molecule has 0 radical (unpaired) electrons. The molecule has 0 N–H and O–H groups in total. The summed E-state index contributed by atoms with van der Waals surface area (Å²) in [6.07, 6.45) is 2.95. The van der Waals surface area contributed by atoms with Gasteiger partial charge < -0.3 is 4.57 Å². The number of nitrogens with zero attached hydrogens (tertiary/aromatic N) is 2. The molecule has 0 saturated heterocycles. The maximum atomic E-state index is 12.4. The van der Waals surface area contributed by atoms with Gasteiger partial charge in [0.15, 0.2) is 6.29 Å². The summed E-state index contributed by atoms with van der Waals surface area (Å²) in [6, 6.07) is 6.54. The minimum Gasteiger partial charge on any atom is -0.302 e. The second-order valence-electron chi connectivity index (χ2n) is 4.62. The van der Waals surface area contributed by atoms with Crippen LogP contribution in [0, 0.1) is 0 Å². The van der Waals surface area contributed by atoms with E-state index < -0.39 is 10.0 Å². The molecule has 1 aromatic carbocycles. The highest BCUT2D eigenvalue weighted by Crippen LogP contribution is 2.18. The molecular formula is C15H15ClN2O3S2. The minimum atomic E-state index is -3.89. The van der Waals surface area contributed by atoms with E-state index in [1.807, 2.05) is 6.92 Å². The van der Waals surface area contributed by atoms with Crippen LogP contribution in [-0.2, 0) is 23.0 Å². The average Bonchev–Trinajstić information content (AvgIpc) is 2.83. The minimum absolute atomic E-state index is 0.0945. The summed E-state index contributed by atoms with van der Waals surface area (Å²) >= 11 is 6.99. The summed E-state index contributed by atoms with van der Waals surface area (Å²) in [5.41, 5.74) is 1.04. The number of benzene rings is 1. The van der Waals surface area contributed by atoms with Gasteiger partial charge in [0, 0.05) is 6.54 Å². The van der Waals surface area contributed by atoms with Crippen molar-refractivity contribution in [1.29, 1.82) is 0 Å². The van der Waals surface area contributed by atoms with Gasteiger partial charge in [0.1, 0.15) is 10.0 Å². The van der Waals surface area contributed by atoms with E-state index in [-0.39, 0.29) is 26.3 Å². The number of aromatic nitrogens is 1. The molecule has 0 aliphatic rings. The second kappa shape index (κ2) is 7.25. The first kappa shape index (κ1) is 17.7. The van der Waals surface area contributed by atoms with Crippen molar-refractivity contribution in [3.05, 3.63) is 57.3 Å². The highest BCUT2D eigenvalue weighted by Gasteiger charge is 2.16. The molecular weight excluding hydrogens is 356 g/mol. The fraction of sp³-hybridized carbons (Fsp3) is 0.200. The molecule has 5 nitrogen and oxygen atoms in total. The lowest BCUT2D eigenvalue weighted by Gasteiger charge is -2.02. The molecule has 122 valence electrons. The number of hydrogen-bond acceptors (Lipinski definition) is 4. The zero-order valence-electron chi connectivity index (χ0n) is 12.4. The van der Waals surface area contributed by atoms with Gasteiger partial charge in [-0.15, -0.1) is 11.0 Å². The third-order valence-corrected chi connectivity index (χ3v) is 6.04. The molecule has 0 spiro atoms. The van der Waals surface area contributed by atoms with E-state index in [1.165, 1.54) is 16.7 Å². The average molecular weight is 371 g/mol. The zero-order valence-corrected chi connectivity index (χ0v) is 14.8. The molecule has 0 atom stereocenters. The molecule has 1 heterocycles. The van der Waals surface area contributed by atoms with Gasteiger partial charge in [-0.2, -0.15) is 8.42 Å². The van der Waals surface area contributed by atoms with Crippen molar-refractivity contribution in [2.45, 2.75) is 24.8 Å². The molecule has 2 rings (SSSR count). The summed E-state index contributed by atoms with van der Waals surface area (Å²) < 4.78 is 30.1. The molecule has 0 fully saturated rings. The molecule has 0 saturated carbocycles. The first-order valence-electron chi connectivity index (χ1n) is 6.78. The zero-order chi connectivity index (χ0) is 17.0. The van der Waals surface area contributed by atoms with Crippen molar-refractivity contribution in [3.63, 3.8) is 0 Å². The van der Waals surface area contributed by atoms with Gasteiger partial charge >= 0.3 is 0 Å². The van der Waals surface area contributed by atoms with Crippen LogP contribution >= 0.6 is 22.9 Å². The van der Waals surface area contributed by atoms with Crippen molar-refractivity contribution in [2.75, 3.05) is 0 Å². The van der Waals surface area contributed by atoms with Gasteiger partial charge in [0.2, 0.25) is 4.80 Å². The van der Waals surface area contributed by atoms with Gasteiger partial charge in [-0.25, -0.2) is 0 Å². The Morgan fingerprint density at radius 2 is 2.00 bits per heavy atom. The predicted molar refractivity (Wildman–Crippen MR) is 91.5 cm³/mol. The van der Waals surface area contributed by atoms with Gasteiger partial charge in [-0.05, 0) is 24.1 Å². The third kappa shape index (κ3) is 3.80. The number of sulfonamides is 1. The van der Waals surface area contributed by atoms with Gasteiger partial charge in [0.25, 0.3) is 10.0 Å². The van der Waals surface area contributed by atoms with Crippen molar-refractivity contribution < 1.29 is 13.2 Å². The normalized spacial score (nSPS) is 12.3. The monoisotopic (exact) mass is 370 g/mol. The fourth-order valence-electron chi connectivity index (χ4n) is 1.89. The van der Waals surface area contributed by atoms with Gasteiger partial charge in [-0.3, -0.25) is 4.79 Å². The molecule has 0 amide bonds. The van der Waals surface area contributed by atoms with Crippen LogP contribution in [0.3, 0.4) is 0 Å². The summed E-state index contributed by atoms with van der Waals surface area (Å²) in [5, 5.41) is 0.153. The van der Waals surface area contributed by atoms with Gasteiger partial charge in [-0.1, -0.05) is 48.1 Å². The number of halogens is 1. The Balaban J connectivity index is 2.58. The summed E-state index contributed by atoms with van der Waals surface area (Å²) in [7, 11) is -3.89. The van der Waals surface area contributed by atoms with Crippen LogP contribution in [0.4, 0.5) is 0 Å². The molecule has 23 heavy (non-hydrogen) atoms. The largest absolute Gasteiger partial charge is 0.302 e.